The van der Waals surface area contributed by atoms with E-state index < -0.39 is 6.09 Å². The van der Waals surface area contributed by atoms with Crippen LogP contribution in [0.1, 0.15) is 0 Å². The summed E-state index contributed by atoms with van der Waals surface area (Å²) in [5.74, 6) is 0.236. The van der Waals surface area contributed by atoms with Crippen molar-refractivity contribution < 1.29 is 19.1 Å². The van der Waals surface area contributed by atoms with E-state index in [9.17, 15) is 9.90 Å². The molecule has 1 N–H and O–H groups in total. The van der Waals surface area contributed by atoms with Crippen LogP contribution in [0.5, 0.6) is 11.5 Å². The molecule has 0 fully saturated rings. The van der Waals surface area contributed by atoms with Crippen molar-refractivity contribution >= 4 is 17.1 Å². The van der Waals surface area contributed by atoms with Gasteiger partial charge >= 0.3 is 6.09 Å². The molecule has 1 amide bonds. The second kappa shape index (κ2) is 3.77. The van der Waals surface area contributed by atoms with Crippen molar-refractivity contribution in [1.82, 2.24) is 4.90 Å². The first-order chi connectivity index (χ1) is 7.59. The Labute approximate surface area is 91.8 Å². The quantitative estimate of drug-likeness (QED) is 0.801. The van der Waals surface area contributed by atoms with Gasteiger partial charge < -0.3 is 19.2 Å². The lowest BCUT2D eigenvalue weighted by atomic mass is 10.2. The van der Waals surface area contributed by atoms with Gasteiger partial charge in [0.25, 0.3) is 0 Å². The average molecular weight is 221 g/mol. The molecule has 1 aromatic carbocycles. The van der Waals surface area contributed by atoms with Crippen LogP contribution in [0.4, 0.5) is 4.79 Å². The molecule has 84 valence electrons. The summed E-state index contributed by atoms with van der Waals surface area (Å²) >= 11 is 0. The molecule has 0 aliphatic heterocycles. The van der Waals surface area contributed by atoms with Gasteiger partial charge in [-0.05, 0) is 12.1 Å². The minimum absolute atomic E-state index is 0.0443. The summed E-state index contributed by atoms with van der Waals surface area (Å²) in [7, 11) is 3.16. The second-order valence-electron chi connectivity index (χ2n) is 3.51. The summed E-state index contributed by atoms with van der Waals surface area (Å²) < 4.78 is 10.2. The van der Waals surface area contributed by atoms with Gasteiger partial charge in [-0.2, -0.15) is 0 Å². The smallest absolute Gasteiger partial charge is 0.414 e. The summed E-state index contributed by atoms with van der Waals surface area (Å²) in [6.07, 6.45) is 0.700. The predicted octanol–water partition coefficient (Wildman–Crippen LogP) is 2.20. The molecule has 0 atom stereocenters. The maximum Gasteiger partial charge on any atom is 0.414 e. The number of hydrogen-bond donors (Lipinski definition) is 1. The van der Waals surface area contributed by atoms with Crippen molar-refractivity contribution in [2.75, 3.05) is 14.1 Å². The minimum atomic E-state index is -0.506. The van der Waals surface area contributed by atoms with Crippen molar-refractivity contribution in [2.24, 2.45) is 0 Å². The number of furan rings is 1. The van der Waals surface area contributed by atoms with Crippen molar-refractivity contribution in [3.8, 4) is 11.5 Å². The highest BCUT2D eigenvalue weighted by atomic mass is 16.6. The average Bonchev–Trinajstić information content (AvgIpc) is 2.61. The maximum atomic E-state index is 11.4. The molecule has 0 bridgehead atoms. The number of carbonyl (C=O) groups excluding carboxylic acids is 1. The molecule has 0 radical (unpaired) electrons. The van der Waals surface area contributed by atoms with Gasteiger partial charge in [0.2, 0.25) is 0 Å². The number of fused-ring (bicyclic) bond motifs is 1. The van der Waals surface area contributed by atoms with E-state index in [0.29, 0.717) is 11.0 Å². The molecular weight excluding hydrogens is 210 g/mol. The van der Waals surface area contributed by atoms with Crippen LogP contribution < -0.4 is 4.74 Å². The first kappa shape index (κ1) is 10.4. The second-order valence-corrected chi connectivity index (χ2v) is 3.51. The Bertz CT molecular complexity index is 530. The third-order valence-corrected chi connectivity index (χ3v) is 2.10. The highest BCUT2D eigenvalue weighted by molar-refractivity contribution is 5.91. The van der Waals surface area contributed by atoms with Crippen LogP contribution in [0.15, 0.2) is 28.9 Å². The Morgan fingerprint density at radius 3 is 2.88 bits per heavy atom. The van der Waals surface area contributed by atoms with Crippen LogP contribution in [-0.2, 0) is 0 Å². The number of aromatic hydroxyl groups is 1. The fourth-order valence-electron chi connectivity index (χ4n) is 1.31. The topological polar surface area (TPSA) is 62.9 Å². The standard InChI is InChI=1S/C11H11NO4/c1-12(2)11(14)16-9-5-3-4-8-10(9)7(13)6-15-8/h3-6,13H,1-2H3. The van der Waals surface area contributed by atoms with Crippen LogP contribution in [0.2, 0.25) is 0 Å². The van der Waals surface area contributed by atoms with Gasteiger partial charge in [-0.1, -0.05) is 6.07 Å². The monoisotopic (exact) mass is 221 g/mol. The van der Waals surface area contributed by atoms with Crippen LogP contribution >= 0.6 is 0 Å². The van der Waals surface area contributed by atoms with Crippen LogP contribution in [0.3, 0.4) is 0 Å². The molecule has 0 saturated heterocycles. The van der Waals surface area contributed by atoms with E-state index in [0.717, 1.165) is 0 Å². The van der Waals surface area contributed by atoms with E-state index in [-0.39, 0.29) is 11.5 Å². The summed E-state index contributed by atoms with van der Waals surface area (Å²) in [6, 6.07) is 4.96. The minimum Gasteiger partial charge on any atom is -0.504 e. The van der Waals surface area contributed by atoms with E-state index >= 15 is 0 Å². The molecule has 2 rings (SSSR count). The zero-order chi connectivity index (χ0) is 11.7. The normalized spacial score (nSPS) is 10.4. The molecule has 5 nitrogen and oxygen atoms in total. The molecule has 5 heteroatoms. The van der Waals surface area contributed by atoms with E-state index in [1.165, 1.54) is 11.2 Å². The number of ether oxygens (including phenoxy) is 1. The fourth-order valence-corrected chi connectivity index (χ4v) is 1.31. The first-order valence-electron chi connectivity index (χ1n) is 4.68. The number of carbonyl (C=O) groups is 1. The number of nitrogens with zero attached hydrogens (tertiary/aromatic N) is 1. The zero-order valence-corrected chi connectivity index (χ0v) is 8.93. The summed E-state index contributed by atoms with van der Waals surface area (Å²) in [6.45, 7) is 0. The molecule has 1 heterocycles. The molecule has 0 saturated carbocycles. The SMILES string of the molecule is CN(C)C(=O)Oc1cccc2occ(O)c12. The summed E-state index contributed by atoms with van der Waals surface area (Å²) in [4.78, 5) is 12.7. The van der Waals surface area contributed by atoms with E-state index in [1.54, 1.807) is 32.3 Å². The van der Waals surface area contributed by atoms with Crippen molar-refractivity contribution in [2.45, 2.75) is 0 Å². The molecule has 0 aliphatic rings. The van der Waals surface area contributed by atoms with Gasteiger partial charge in [-0.25, -0.2) is 4.79 Å². The predicted molar refractivity (Wildman–Crippen MR) is 57.6 cm³/mol. The number of hydrogen-bond acceptors (Lipinski definition) is 4. The molecule has 16 heavy (non-hydrogen) atoms. The third kappa shape index (κ3) is 1.67. The van der Waals surface area contributed by atoms with Gasteiger partial charge in [-0.15, -0.1) is 0 Å². The van der Waals surface area contributed by atoms with Gasteiger partial charge in [0.1, 0.15) is 23.0 Å². The van der Waals surface area contributed by atoms with Gasteiger partial charge in [0.05, 0.1) is 0 Å². The lowest BCUT2D eigenvalue weighted by molar-refractivity contribution is 0.172. The molecular formula is C11H11NO4. The van der Waals surface area contributed by atoms with Gasteiger partial charge in [0, 0.05) is 14.1 Å². The van der Waals surface area contributed by atoms with Crippen molar-refractivity contribution in [3.05, 3.63) is 24.5 Å². The number of rotatable bonds is 1. The van der Waals surface area contributed by atoms with Crippen LogP contribution in [0, 0.1) is 0 Å². The Kier molecular flexibility index (Phi) is 2.44. The van der Waals surface area contributed by atoms with Gasteiger partial charge in [-0.3, -0.25) is 0 Å². The molecule has 0 spiro atoms. The molecule has 0 aliphatic carbocycles. The number of benzene rings is 1. The Morgan fingerprint density at radius 1 is 1.44 bits per heavy atom. The first-order valence-corrected chi connectivity index (χ1v) is 4.68. The van der Waals surface area contributed by atoms with Gasteiger partial charge in [0.15, 0.2) is 5.75 Å². The Morgan fingerprint density at radius 2 is 2.19 bits per heavy atom. The molecule has 1 aromatic heterocycles. The molecule has 0 unspecified atom stereocenters. The lowest BCUT2D eigenvalue weighted by Gasteiger charge is -2.10. The van der Waals surface area contributed by atoms with Crippen molar-refractivity contribution in [3.63, 3.8) is 0 Å². The zero-order valence-electron chi connectivity index (χ0n) is 8.93. The summed E-state index contributed by atoms with van der Waals surface area (Å²) in [5.41, 5.74) is 0.474. The lowest BCUT2D eigenvalue weighted by Crippen LogP contribution is -2.25. The highest BCUT2D eigenvalue weighted by Gasteiger charge is 2.14. The van der Waals surface area contributed by atoms with Crippen molar-refractivity contribution in [1.29, 1.82) is 0 Å². The Balaban J connectivity index is 2.44. The van der Waals surface area contributed by atoms with E-state index in [4.69, 9.17) is 9.15 Å². The largest absolute Gasteiger partial charge is 0.504 e. The number of amides is 1. The Hall–Kier alpha value is -2.17. The molecule has 2 aromatic rings. The highest BCUT2D eigenvalue weighted by Crippen LogP contribution is 2.34. The third-order valence-electron chi connectivity index (χ3n) is 2.10. The van der Waals surface area contributed by atoms with E-state index in [2.05, 4.69) is 0 Å². The van der Waals surface area contributed by atoms with Crippen LogP contribution in [-0.4, -0.2) is 30.2 Å². The fraction of sp³-hybridized carbons (Fsp3) is 0.182. The van der Waals surface area contributed by atoms with Crippen LogP contribution in [0.25, 0.3) is 11.0 Å². The maximum absolute atomic E-state index is 11.4. The summed E-state index contributed by atoms with van der Waals surface area (Å²) in [5, 5.41) is 9.95. The van der Waals surface area contributed by atoms with E-state index in [1.807, 2.05) is 0 Å².